The van der Waals surface area contributed by atoms with Crippen molar-refractivity contribution in [2.24, 2.45) is 5.41 Å². The van der Waals surface area contributed by atoms with Crippen molar-refractivity contribution >= 4 is 23.5 Å². The number of nitrogens with one attached hydrogen (secondary N) is 2. The maximum atomic E-state index is 11.9. The molecule has 1 aliphatic rings. The quantitative estimate of drug-likeness (QED) is 0.806. The molecule has 0 saturated carbocycles. The van der Waals surface area contributed by atoms with E-state index in [1.54, 1.807) is 20.8 Å². The third kappa shape index (κ3) is 5.29. The summed E-state index contributed by atoms with van der Waals surface area (Å²) in [6, 6.07) is 0. The highest BCUT2D eigenvalue weighted by atomic mass is 16.6. The van der Waals surface area contributed by atoms with E-state index in [2.05, 4.69) is 25.6 Å². The lowest BCUT2D eigenvalue weighted by atomic mass is 9.96. The molecule has 2 rings (SSSR count). The third-order valence-corrected chi connectivity index (χ3v) is 3.22. The van der Waals surface area contributed by atoms with Crippen LogP contribution in [0.1, 0.15) is 33.6 Å². The van der Waals surface area contributed by atoms with Crippen LogP contribution in [-0.4, -0.2) is 48.1 Å². The van der Waals surface area contributed by atoms with Gasteiger partial charge in [-0.25, -0.2) is 4.63 Å². The van der Waals surface area contributed by atoms with Crippen LogP contribution in [0.2, 0.25) is 0 Å². The molecular formula is C14H22N4O5. The van der Waals surface area contributed by atoms with Crippen molar-refractivity contribution in [2.75, 3.05) is 30.5 Å². The minimum Gasteiger partial charge on any atom is -0.376 e. The van der Waals surface area contributed by atoms with Crippen LogP contribution in [0.3, 0.4) is 0 Å². The van der Waals surface area contributed by atoms with Crippen molar-refractivity contribution in [1.29, 1.82) is 0 Å². The van der Waals surface area contributed by atoms with E-state index in [1.165, 1.54) is 0 Å². The monoisotopic (exact) mass is 326 g/mol. The lowest BCUT2D eigenvalue weighted by Gasteiger charge is -2.16. The first-order valence-electron chi connectivity index (χ1n) is 7.49. The Balaban J connectivity index is 1.79. The standard InChI is InChI=1S/C14H22N4O5/c1-14(2,3)13(20)16-12-11(17-23-18-12)15-10(19)8-21-7-9-5-4-6-22-9/h9H,4-8H2,1-3H3,(H,15,17,19)(H,16,18,20). The Morgan fingerprint density at radius 1 is 1.26 bits per heavy atom. The highest BCUT2D eigenvalue weighted by molar-refractivity contribution is 5.99. The summed E-state index contributed by atoms with van der Waals surface area (Å²) in [5, 5.41) is 12.2. The number of rotatable bonds is 6. The summed E-state index contributed by atoms with van der Waals surface area (Å²) in [7, 11) is 0. The minimum absolute atomic E-state index is 0.0494. The molecule has 1 saturated heterocycles. The van der Waals surface area contributed by atoms with Crippen molar-refractivity contribution in [3.8, 4) is 0 Å². The van der Waals surface area contributed by atoms with Gasteiger partial charge in [0.15, 0.2) is 0 Å². The van der Waals surface area contributed by atoms with Gasteiger partial charge < -0.3 is 20.1 Å². The first-order chi connectivity index (χ1) is 10.9. The molecular weight excluding hydrogens is 304 g/mol. The fourth-order valence-electron chi connectivity index (χ4n) is 1.87. The smallest absolute Gasteiger partial charge is 0.251 e. The number of hydrogen-bond acceptors (Lipinski definition) is 7. The second-order valence-corrected chi connectivity index (χ2v) is 6.36. The Bertz CT molecular complexity index is 546. The van der Waals surface area contributed by atoms with Crippen LogP contribution < -0.4 is 10.6 Å². The molecule has 2 heterocycles. The molecule has 9 nitrogen and oxygen atoms in total. The molecule has 0 radical (unpaired) electrons. The summed E-state index contributed by atoms with van der Waals surface area (Å²) < 4.78 is 15.2. The highest BCUT2D eigenvalue weighted by Gasteiger charge is 2.24. The number of ether oxygens (including phenoxy) is 2. The van der Waals surface area contributed by atoms with Crippen molar-refractivity contribution in [3.63, 3.8) is 0 Å². The van der Waals surface area contributed by atoms with E-state index in [1.807, 2.05) is 0 Å². The molecule has 128 valence electrons. The van der Waals surface area contributed by atoms with Gasteiger partial charge in [0.05, 0.1) is 12.7 Å². The van der Waals surface area contributed by atoms with Crippen LogP contribution in [-0.2, 0) is 19.1 Å². The molecule has 1 aromatic rings. The predicted octanol–water partition coefficient (Wildman–Crippen LogP) is 1.19. The van der Waals surface area contributed by atoms with E-state index in [0.29, 0.717) is 6.61 Å². The molecule has 0 spiro atoms. The fourth-order valence-corrected chi connectivity index (χ4v) is 1.87. The fraction of sp³-hybridized carbons (Fsp3) is 0.714. The Hall–Kier alpha value is -2.00. The van der Waals surface area contributed by atoms with Crippen LogP contribution in [0.5, 0.6) is 0 Å². The molecule has 0 aromatic carbocycles. The van der Waals surface area contributed by atoms with E-state index in [-0.39, 0.29) is 30.3 Å². The number of aromatic nitrogens is 2. The number of anilines is 2. The largest absolute Gasteiger partial charge is 0.376 e. The normalized spacial score (nSPS) is 18.0. The second kappa shape index (κ2) is 7.51. The summed E-state index contributed by atoms with van der Waals surface area (Å²) in [5.74, 6) is -0.561. The van der Waals surface area contributed by atoms with E-state index in [4.69, 9.17) is 9.47 Å². The van der Waals surface area contributed by atoms with E-state index < -0.39 is 11.3 Å². The Morgan fingerprint density at radius 2 is 1.96 bits per heavy atom. The predicted molar refractivity (Wildman–Crippen MR) is 80.8 cm³/mol. The lowest BCUT2D eigenvalue weighted by Crippen LogP contribution is -2.28. The lowest BCUT2D eigenvalue weighted by molar-refractivity contribution is -0.123. The zero-order valence-electron chi connectivity index (χ0n) is 13.5. The summed E-state index contributed by atoms with van der Waals surface area (Å²) in [5.41, 5.74) is -0.607. The zero-order valence-corrected chi connectivity index (χ0v) is 13.5. The molecule has 1 aromatic heterocycles. The molecule has 2 N–H and O–H groups in total. The number of carbonyl (C=O) groups excluding carboxylic acids is 2. The molecule has 1 unspecified atom stereocenters. The highest BCUT2D eigenvalue weighted by Crippen LogP contribution is 2.20. The van der Waals surface area contributed by atoms with Crippen LogP contribution in [0.4, 0.5) is 11.6 Å². The number of hydrogen-bond donors (Lipinski definition) is 2. The van der Waals surface area contributed by atoms with E-state index in [0.717, 1.165) is 19.4 Å². The number of amides is 2. The maximum Gasteiger partial charge on any atom is 0.251 e. The van der Waals surface area contributed by atoms with E-state index >= 15 is 0 Å². The average molecular weight is 326 g/mol. The Kier molecular flexibility index (Phi) is 5.67. The third-order valence-electron chi connectivity index (χ3n) is 3.22. The SMILES string of the molecule is CC(C)(C)C(=O)Nc1nonc1NC(=O)COCC1CCCO1. The van der Waals surface area contributed by atoms with Crippen LogP contribution in [0, 0.1) is 5.41 Å². The van der Waals surface area contributed by atoms with Crippen LogP contribution >= 0.6 is 0 Å². The first kappa shape index (κ1) is 17.4. The van der Waals surface area contributed by atoms with Gasteiger partial charge in [-0.3, -0.25) is 9.59 Å². The number of carbonyl (C=O) groups is 2. The van der Waals surface area contributed by atoms with Crippen LogP contribution in [0.25, 0.3) is 0 Å². The van der Waals surface area contributed by atoms with Gasteiger partial charge in [-0.1, -0.05) is 20.8 Å². The molecule has 1 fully saturated rings. The van der Waals surface area contributed by atoms with Gasteiger partial charge >= 0.3 is 0 Å². The van der Waals surface area contributed by atoms with E-state index in [9.17, 15) is 9.59 Å². The molecule has 23 heavy (non-hydrogen) atoms. The molecule has 1 aliphatic heterocycles. The first-order valence-corrected chi connectivity index (χ1v) is 7.49. The van der Waals surface area contributed by atoms with Crippen molar-refractivity contribution < 1.29 is 23.7 Å². The minimum atomic E-state index is -0.607. The van der Waals surface area contributed by atoms with Crippen LogP contribution in [0.15, 0.2) is 4.63 Å². The molecule has 2 amide bonds. The van der Waals surface area contributed by atoms with Gasteiger partial charge in [0.1, 0.15) is 6.61 Å². The summed E-state index contributed by atoms with van der Waals surface area (Å²) in [4.78, 5) is 23.7. The van der Waals surface area contributed by atoms with Gasteiger partial charge in [0.2, 0.25) is 17.5 Å². The van der Waals surface area contributed by atoms with Crippen molar-refractivity contribution in [3.05, 3.63) is 0 Å². The molecule has 9 heteroatoms. The average Bonchev–Trinajstić information content (AvgIpc) is 3.10. The molecule has 0 aliphatic carbocycles. The van der Waals surface area contributed by atoms with Crippen molar-refractivity contribution in [2.45, 2.75) is 39.7 Å². The second-order valence-electron chi connectivity index (χ2n) is 6.36. The van der Waals surface area contributed by atoms with Crippen molar-refractivity contribution in [1.82, 2.24) is 10.3 Å². The summed E-state index contributed by atoms with van der Waals surface area (Å²) >= 11 is 0. The summed E-state index contributed by atoms with van der Waals surface area (Å²) in [6.45, 7) is 6.24. The Morgan fingerprint density at radius 3 is 2.57 bits per heavy atom. The maximum absolute atomic E-state index is 11.9. The van der Waals surface area contributed by atoms with Gasteiger partial charge in [-0.05, 0) is 23.2 Å². The van der Waals surface area contributed by atoms with Gasteiger partial charge in [0.25, 0.3) is 5.91 Å². The zero-order chi connectivity index (χ0) is 16.9. The van der Waals surface area contributed by atoms with Gasteiger partial charge in [0, 0.05) is 12.0 Å². The topological polar surface area (TPSA) is 116 Å². The Labute approximate surface area is 134 Å². The van der Waals surface area contributed by atoms with Gasteiger partial charge in [-0.2, -0.15) is 0 Å². The molecule has 1 atom stereocenters. The van der Waals surface area contributed by atoms with Gasteiger partial charge in [-0.15, -0.1) is 0 Å². The number of nitrogens with zero attached hydrogens (tertiary/aromatic N) is 2. The molecule has 0 bridgehead atoms. The summed E-state index contributed by atoms with van der Waals surface area (Å²) in [6.07, 6.45) is 2.01.